The van der Waals surface area contributed by atoms with Gasteiger partial charge in [0.25, 0.3) is 0 Å². The van der Waals surface area contributed by atoms with Gasteiger partial charge in [0.05, 0.1) is 23.4 Å². The third kappa shape index (κ3) is 2.50. The smallest absolute Gasteiger partial charge is 0.213 e. The van der Waals surface area contributed by atoms with Crippen LogP contribution in [0.3, 0.4) is 0 Å². The molecule has 0 amide bonds. The Morgan fingerprint density at radius 3 is 2.85 bits per heavy atom. The molecule has 0 aliphatic carbocycles. The lowest BCUT2D eigenvalue weighted by molar-refractivity contribution is 0.182. The lowest BCUT2D eigenvalue weighted by atomic mass is 10.3. The van der Waals surface area contributed by atoms with E-state index >= 15 is 0 Å². The molecule has 0 unspecified atom stereocenters. The zero-order chi connectivity index (χ0) is 13.9. The highest BCUT2D eigenvalue weighted by molar-refractivity contribution is 7.71. The number of methoxy groups -OCH3 is 1. The monoisotopic (exact) mass is 306 g/mol. The predicted octanol–water partition coefficient (Wildman–Crippen LogP) is 2.19. The van der Waals surface area contributed by atoms with E-state index < -0.39 is 0 Å². The molecule has 0 fully saturated rings. The molecule has 9 heteroatoms. The molecule has 0 aromatic carbocycles. The predicted molar refractivity (Wildman–Crippen MR) is 76.6 cm³/mol. The highest BCUT2D eigenvalue weighted by Gasteiger charge is 2.17. The van der Waals surface area contributed by atoms with Crippen LogP contribution in [-0.4, -0.2) is 37.2 Å². The SMILES string of the molecule is COCc1nc(-c2cnccn2)sc1-c1nc(=S)[nH][nH]1. The Morgan fingerprint density at radius 2 is 2.20 bits per heavy atom. The highest BCUT2D eigenvalue weighted by Crippen LogP contribution is 2.32. The van der Waals surface area contributed by atoms with Crippen molar-refractivity contribution >= 4 is 23.6 Å². The van der Waals surface area contributed by atoms with Gasteiger partial charge in [-0.25, -0.2) is 4.98 Å². The summed E-state index contributed by atoms with van der Waals surface area (Å²) in [4.78, 5) is 17.9. The maximum Gasteiger partial charge on any atom is 0.213 e. The summed E-state index contributed by atoms with van der Waals surface area (Å²) in [7, 11) is 1.62. The number of hydrogen-bond acceptors (Lipinski definition) is 7. The molecule has 2 N–H and O–H groups in total. The zero-order valence-electron chi connectivity index (χ0n) is 10.5. The van der Waals surface area contributed by atoms with E-state index in [9.17, 15) is 0 Å². The van der Waals surface area contributed by atoms with E-state index in [1.165, 1.54) is 11.3 Å². The van der Waals surface area contributed by atoms with Crippen LogP contribution >= 0.6 is 23.6 Å². The summed E-state index contributed by atoms with van der Waals surface area (Å²) in [6, 6.07) is 0. The number of rotatable bonds is 4. The third-order valence-electron chi connectivity index (χ3n) is 2.48. The minimum absolute atomic E-state index is 0.388. The fraction of sp³-hybridized carbons (Fsp3) is 0.182. The minimum Gasteiger partial charge on any atom is -0.378 e. The van der Waals surface area contributed by atoms with Crippen LogP contribution in [-0.2, 0) is 11.3 Å². The Morgan fingerprint density at radius 1 is 1.30 bits per heavy atom. The number of thiazole rings is 1. The number of nitrogens with one attached hydrogen (secondary N) is 2. The Balaban J connectivity index is 2.09. The largest absolute Gasteiger partial charge is 0.378 e. The maximum absolute atomic E-state index is 5.18. The summed E-state index contributed by atoms with van der Waals surface area (Å²) in [5, 5.41) is 6.46. The quantitative estimate of drug-likeness (QED) is 0.718. The van der Waals surface area contributed by atoms with Gasteiger partial charge in [-0.2, -0.15) is 4.98 Å². The number of nitrogens with zero attached hydrogens (tertiary/aromatic N) is 4. The molecule has 0 spiro atoms. The van der Waals surface area contributed by atoms with Crippen LogP contribution < -0.4 is 0 Å². The number of ether oxygens (including phenoxy) is 1. The number of hydrogen-bond donors (Lipinski definition) is 2. The average molecular weight is 306 g/mol. The van der Waals surface area contributed by atoms with Gasteiger partial charge in [0.2, 0.25) is 4.77 Å². The van der Waals surface area contributed by atoms with Crippen molar-refractivity contribution in [2.75, 3.05) is 7.11 Å². The Labute approximate surface area is 123 Å². The molecule has 0 aliphatic heterocycles. The van der Waals surface area contributed by atoms with E-state index in [1.807, 2.05) is 0 Å². The molecule has 0 aliphatic rings. The van der Waals surface area contributed by atoms with E-state index in [-0.39, 0.29) is 0 Å². The van der Waals surface area contributed by atoms with Crippen molar-refractivity contribution in [2.45, 2.75) is 6.61 Å². The molecule has 0 bridgehead atoms. The van der Waals surface area contributed by atoms with E-state index in [1.54, 1.807) is 25.7 Å². The van der Waals surface area contributed by atoms with Crippen LogP contribution in [0.25, 0.3) is 21.4 Å². The van der Waals surface area contributed by atoms with Gasteiger partial charge in [0.1, 0.15) is 10.7 Å². The van der Waals surface area contributed by atoms with Crippen molar-refractivity contribution < 1.29 is 4.74 Å². The molecule has 3 rings (SSSR count). The van der Waals surface area contributed by atoms with Crippen LogP contribution in [0.4, 0.5) is 0 Å². The molecule has 3 aromatic rings. The molecule has 0 saturated carbocycles. The molecule has 7 nitrogen and oxygen atoms in total. The summed E-state index contributed by atoms with van der Waals surface area (Å²) >= 11 is 6.44. The van der Waals surface area contributed by atoms with E-state index in [0.717, 1.165) is 21.3 Å². The molecular formula is C11H10N6OS2. The van der Waals surface area contributed by atoms with Crippen molar-refractivity contribution in [2.24, 2.45) is 0 Å². The fourth-order valence-corrected chi connectivity index (χ4v) is 2.79. The highest BCUT2D eigenvalue weighted by atomic mass is 32.1. The van der Waals surface area contributed by atoms with Crippen LogP contribution in [0.2, 0.25) is 0 Å². The van der Waals surface area contributed by atoms with E-state index in [4.69, 9.17) is 17.0 Å². The van der Waals surface area contributed by atoms with Crippen molar-refractivity contribution in [3.05, 3.63) is 29.1 Å². The fourth-order valence-electron chi connectivity index (χ4n) is 1.67. The van der Waals surface area contributed by atoms with Crippen molar-refractivity contribution in [3.63, 3.8) is 0 Å². The second-order valence-corrected chi connectivity index (χ2v) is 5.22. The number of aromatic nitrogens is 6. The molecule has 3 heterocycles. The molecule has 0 saturated heterocycles. The van der Waals surface area contributed by atoms with Gasteiger partial charge in [0.15, 0.2) is 5.82 Å². The van der Waals surface area contributed by atoms with Crippen molar-refractivity contribution in [3.8, 4) is 21.4 Å². The maximum atomic E-state index is 5.18. The van der Waals surface area contributed by atoms with Crippen LogP contribution in [0, 0.1) is 4.77 Å². The van der Waals surface area contributed by atoms with Gasteiger partial charge in [-0.15, -0.1) is 11.3 Å². The summed E-state index contributed by atoms with van der Waals surface area (Å²) in [5.41, 5.74) is 1.51. The van der Waals surface area contributed by atoms with Gasteiger partial charge in [0, 0.05) is 19.5 Å². The molecule has 0 atom stereocenters. The standard InChI is InChI=1S/C11H10N6OS2/c1-18-5-7-8(9-15-11(19)17-16-9)20-10(14-7)6-4-12-2-3-13-6/h2-4H,5H2,1H3,(H2,15,16,17,19). The van der Waals surface area contributed by atoms with Gasteiger partial charge in [-0.3, -0.25) is 20.2 Å². The minimum atomic E-state index is 0.388. The second kappa shape index (κ2) is 5.57. The number of H-pyrrole nitrogens is 2. The van der Waals surface area contributed by atoms with E-state index in [0.29, 0.717) is 17.2 Å². The summed E-state index contributed by atoms with van der Waals surface area (Å²) < 4.78 is 5.58. The topological polar surface area (TPSA) is 92.4 Å². The third-order valence-corrected chi connectivity index (χ3v) is 3.80. The molecule has 0 radical (unpaired) electrons. The van der Waals surface area contributed by atoms with Gasteiger partial charge >= 0.3 is 0 Å². The van der Waals surface area contributed by atoms with Gasteiger partial charge < -0.3 is 4.74 Å². The normalized spacial score (nSPS) is 10.8. The molecule has 102 valence electrons. The van der Waals surface area contributed by atoms with Crippen LogP contribution in [0.15, 0.2) is 18.6 Å². The summed E-state index contributed by atoms with van der Waals surface area (Å²) in [5.74, 6) is 0.648. The van der Waals surface area contributed by atoms with Crippen molar-refractivity contribution in [1.29, 1.82) is 0 Å². The first-order chi connectivity index (χ1) is 9.78. The number of aromatic amines is 2. The zero-order valence-corrected chi connectivity index (χ0v) is 12.1. The molecule has 3 aromatic heterocycles. The van der Waals surface area contributed by atoms with Gasteiger partial charge in [-0.1, -0.05) is 0 Å². The van der Waals surface area contributed by atoms with Gasteiger partial charge in [-0.05, 0) is 12.2 Å². The van der Waals surface area contributed by atoms with E-state index in [2.05, 4.69) is 30.1 Å². The first-order valence-corrected chi connectivity index (χ1v) is 6.90. The first kappa shape index (κ1) is 13.0. The lowest BCUT2D eigenvalue weighted by Gasteiger charge is -1.96. The average Bonchev–Trinajstić information content (AvgIpc) is 3.07. The van der Waals surface area contributed by atoms with Crippen LogP contribution in [0.1, 0.15) is 5.69 Å². The first-order valence-electron chi connectivity index (χ1n) is 5.68. The molecule has 20 heavy (non-hydrogen) atoms. The summed E-state index contributed by atoms with van der Waals surface area (Å²) in [6.45, 7) is 0.388. The Hall–Kier alpha value is -1.97. The Kier molecular flexibility index (Phi) is 3.63. The Bertz CT molecular complexity index is 763. The van der Waals surface area contributed by atoms with Crippen LogP contribution in [0.5, 0.6) is 0 Å². The summed E-state index contributed by atoms with van der Waals surface area (Å²) in [6.07, 6.45) is 4.93. The lowest BCUT2D eigenvalue weighted by Crippen LogP contribution is -1.92. The van der Waals surface area contributed by atoms with Crippen molar-refractivity contribution in [1.82, 2.24) is 30.1 Å². The molecular weight excluding hydrogens is 296 g/mol. The second-order valence-electron chi connectivity index (χ2n) is 3.83.